The van der Waals surface area contributed by atoms with Gasteiger partial charge in [-0.1, -0.05) is 41.5 Å². The smallest absolute Gasteiger partial charge is 0.286 e. The van der Waals surface area contributed by atoms with Gasteiger partial charge in [-0.2, -0.15) is 0 Å². The van der Waals surface area contributed by atoms with Crippen LogP contribution in [0, 0.1) is 18.2 Å². The monoisotopic (exact) mass is 406 g/mol. The number of hydrogen-bond donors (Lipinski definition) is 1. The van der Waals surface area contributed by atoms with E-state index in [4.69, 9.17) is 6.42 Å². The van der Waals surface area contributed by atoms with E-state index in [0.29, 0.717) is 18.8 Å². The van der Waals surface area contributed by atoms with Gasteiger partial charge in [0.25, 0.3) is 5.91 Å². The molecule has 5 nitrogen and oxygen atoms in total. The number of terminal acetylenes is 1. The van der Waals surface area contributed by atoms with Gasteiger partial charge in [-0.25, -0.2) is 4.39 Å². The summed E-state index contributed by atoms with van der Waals surface area (Å²) >= 11 is 1.24. The van der Waals surface area contributed by atoms with E-state index in [1.807, 2.05) is 6.07 Å². The van der Waals surface area contributed by atoms with Crippen molar-refractivity contribution >= 4 is 22.9 Å². The molecule has 1 heterocycles. The molecule has 7 heteroatoms. The van der Waals surface area contributed by atoms with Crippen molar-refractivity contribution in [1.82, 2.24) is 15.1 Å². The maximum absolute atomic E-state index is 13.0. The maximum atomic E-state index is 13.0. The van der Waals surface area contributed by atoms with Crippen molar-refractivity contribution in [3.8, 4) is 12.3 Å². The van der Waals surface area contributed by atoms with Gasteiger partial charge >= 0.3 is 0 Å². The zero-order valence-corrected chi connectivity index (χ0v) is 16.5. The molecule has 1 unspecified atom stereocenters. The van der Waals surface area contributed by atoms with Crippen molar-refractivity contribution in [3.63, 3.8) is 0 Å². The standard InChI is InChI=1S/C22H19FN4OS/c1-2-13-27(19-12-7-15-5-3-4-6-18(15)19)14-20-25-26-22(29-20)21(28)24-17-10-8-16(23)9-11-17/h1,3-6,8-11,19H,7,12-14H2,(H,24,28). The molecule has 1 N–H and O–H groups in total. The minimum atomic E-state index is -0.366. The summed E-state index contributed by atoms with van der Waals surface area (Å²) in [5.74, 6) is 2.01. The number of nitrogens with one attached hydrogen (secondary N) is 1. The van der Waals surface area contributed by atoms with Crippen molar-refractivity contribution in [2.45, 2.75) is 25.4 Å². The second-order valence-corrected chi connectivity index (χ2v) is 7.89. The highest BCUT2D eigenvalue weighted by Gasteiger charge is 2.28. The third kappa shape index (κ3) is 4.34. The van der Waals surface area contributed by atoms with Crippen molar-refractivity contribution in [2.24, 2.45) is 0 Å². The third-order valence-corrected chi connectivity index (χ3v) is 5.84. The summed E-state index contributed by atoms with van der Waals surface area (Å²) in [4.78, 5) is 14.6. The fourth-order valence-corrected chi connectivity index (χ4v) is 4.37. The number of nitrogens with zero attached hydrogens (tertiary/aromatic N) is 3. The minimum Gasteiger partial charge on any atom is -0.320 e. The number of amides is 1. The van der Waals surface area contributed by atoms with E-state index in [9.17, 15) is 9.18 Å². The number of carbonyl (C=O) groups excluding carboxylic acids is 1. The SMILES string of the molecule is C#CCN(Cc1nnc(C(=O)Nc2ccc(F)cc2)s1)C1CCc2ccccc21. The number of hydrogen-bond acceptors (Lipinski definition) is 5. The number of fused-ring (bicyclic) bond motifs is 1. The predicted octanol–water partition coefficient (Wildman–Crippen LogP) is 4.05. The molecule has 0 spiro atoms. The van der Waals surface area contributed by atoms with E-state index in [1.54, 1.807) is 0 Å². The highest BCUT2D eigenvalue weighted by molar-refractivity contribution is 7.13. The summed E-state index contributed by atoms with van der Waals surface area (Å²) in [6.07, 6.45) is 7.65. The number of aryl methyl sites for hydroxylation is 1. The molecule has 0 saturated carbocycles. The van der Waals surface area contributed by atoms with Crippen molar-refractivity contribution in [2.75, 3.05) is 11.9 Å². The Hall–Kier alpha value is -3.08. The molecule has 1 aromatic heterocycles. The summed E-state index contributed by atoms with van der Waals surface area (Å²) in [5.41, 5.74) is 3.17. The number of anilines is 1. The lowest BCUT2D eigenvalue weighted by Crippen LogP contribution is -2.27. The molecule has 0 bridgehead atoms. The molecule has 1 amide bonds. The van der Waals surface area contributed by atoms with Crippen LogP contribution >= 0.6 is 11.3 Å². The summed E-state index contributed by atoms with van der Waals surface area (Å²) in [5, 5.41) is 11.9. The first kappa shape index (κ1) is 19.2. The van der Waals surface area contributed by atoms with Gasteiger partial charge in [0.1, 0.15) is 10.8 Å². The van der Waals surface area contributed by atoms with Crippen LogP contribution in [0.5, 0.6) is 0 Å². The van der Waals surface area contributed by atoms with Crippen molar-refractivity contribution in [3.05, 3.63) is 75.5 Å². The van der Waals surface area contributed by atoms with Gasteiger partial charge in [0, 0.05) is 11.7 Å². The fraction of sp³-hybridized carbons (Fsp3) is 0.227. The molecular weight excluding hydrogens is 387 g/mol. The number of carbonyl (C=O) groups is 1. The summed E-state index contributed by atoms with van der Waals surface area (Å²) in [7, 11) is 0. The van der Waals surface area contributed by atoms with Crippen LogP contribution in [0.4, 0.5) is 10.1 Å². The summed E-state index contributed by atoms with van der Waals surface area (Å²) in [6, 6.07) is 14.2. The lowest BCUT2D eigenvalue weighted by molar-refractivity contribution is 0.102. The molecule has 4 rings (SSSR count). The van der Waals surface area contributed by atoms with E-state index >= 15 is 0 Å². The Labute approximate surface area is 172 Å². The van der Waals surface area contributed by atoms with Gasteiger partial charge in [-0.15, -0.1) is 16.6 Å². The van der Waals surface area contributed by atoms with Crippen LogP contribution in [-0.4, -0.2) is 27.5 Å². The second kappa shape index (κ2) is 8.52. The predicted molar refractivity (Wildman–Crippen MR) is 111 cm³/mol. The van der Waals surface area contributed by atoms with Gasteiger partial charge in [-0.05, 0) is 48.2 Å². The largest absolute Gasteiger partial charge is 0.320 e. The second-order valence-electron chi connectivity index (χ2n) is 6.82. The Balaban J connectivity index is 1.46. The Morgan fingerprint density at radius 2 is 2.03 bits per heavy atom. The quantitative estimate of drug-likeness (QED) is 0.628. The molecule has 3 aromatic rings. The first-order valence-electron chi connectivity index (χ1n) is 9.28. The van der Waals surface area contributed by atoms with Crippen LogP contribution in [-0.2, 0) is 13.0 Å². The number of halogens is 1. The highest BCUT2D eigenvalue weighted by atomic mass is 32.1. The summed E-state index contributed by atoms with van der Waals surface area (Å²) < 4.78 is 13.0. The van der Waals surface area contributed by atoms with Gasteiger partial charge < -0.3 is 5.32 Å². The van der Waals surface area contributed by atoms with E-state index in [-0.39, 0.29) is 22.8 Å². The van der Waals surface area contributed by atoms with Gasteiger partial charge in [0.15, 0.2) is 0 Å². The molecule has 1 aliphatic rings. The Morgan fingerprint density at radius 3 is 2.83 bits per heavy atom. The van der Waals surface area contributed by atoms with Crippen LogP contribution in [0.1, 0.15) is 38.4 Å². The molecule has 1 aliphatic carbocycles. The average Bonchev–Trinajstić information content (AvgIpc) is 3.36. The van der Waals surface area contributed by atoms with Crippen LogP contribution in [0.15, 0.2) is 48.5 Å². The Kier molecular flexibility index (Phi) is 5.65. The van der Waals surface area contributed by atoms with Crippen molar-refractivity contribution < 1.29 is 9.18 Å². The Morgan fingerprint density at radius 1 is 1.24 bits per heavy atom. The van der Waals surface area contributed by atoms with E-state index < -0.39 is 0 Å². The zero-order chi connectivity index (χ0) is 20.2. The molecular formula is C22H19FN4OS. The number of rotatable bonds is 6. The van der Waals surface area contributed by atoms with Crippen LogP contribution in [0.3, 0.4) is 0 Å². The number of aromatic nitrogens is 2. The molecule has 29 heavy (non-hydrogen) atoms. The molecule has 146 valence electrons. The molecule has 0 radical (unpaired) electrons. The first-order valence-corrected chi connectivity index (χ1v) is 10.1. The van der Waals surface area contributed by atoms with E-state index in [1.165, 1.54) is 46.7 Å². The molecule has 0 aliphatic heterocycles. The molecule has 1 atom stereocenters. The minimum absolute atomic E-state index is 0.239. The van der Waals surface area contributed by atoms with Gasteiger partial charge in [0.2, 0.25) is 5.01 Å². The van der Waals surface area contributed by atoms with Gasteiger partial charge in [-0.3, -0.25) is 9.69 Å². The Bertz CT molecular complexity index is 1060. The van der Waals surface area contributed by atoms with Crippen LogP contribution in [0.25, 0.3) is 0 Å². The lowest BCUT2D eigenvalue weighted by Gasteiger charge is -2.26. The van der Waals surface area contributed by atoms with Crippen LogP contribution in [0.2, 0.25) is 0 Å². The van der Waals surface area contributed by atoms with Crippen LogP contribution < -0.4 is 5.32 Å². The zero-order valence-electron chi connectivity index (χ0n) is 15.6. The molecule has 2 aromatic carbocycles. The lowest BCUT2D eigenvalue weighted by atomic mass is 10.1. The highest BCUT2D eigenvalue weighted by Crippen LogP contribution is 2.36. The summed E-state index contributed by atoms with van der Waals surface area (Å²) in [6.45, 7) is 1.03. The molecule has 0 fully saturated rings. The normalized spacial score (nSPS) is 15.1. The van der Waals surface area contributed by atoms with E-state index in [2.05, 4.69) is 44.5 Å². The third-order valence-electron chi connectivity index (χ3n) is 4.94. The first-order chi connectivity index (χ1) is 14.1. The fourth-order valence-electron chi connectivity index (χ4n) is 3.61. The van der Waals surface area contributed by atoms with E-state index in [0.717, 1.165) is 17.8 Å². The molecule has 0 saturated heterocycles. The average molecular weight is 406 g/mol. The maximum Gasteiger partial charge on any atom is 0.286 e. The van der Waals surface area contributed by atoms with Gasteiger partial charge in [0.05, 0.1) is 13.1 Å². The topological polar surface area (TPSA) is 58.1 Å². The number of benzene rings is 2. The van der Waals surface area contributed by atoms with Crippen molar-refractivity contribution in [1.29, 1.82) is 0 Å².